The molecule has 0 bridgehead atoms. The minimum absolute atomic E-state index is 0.0154. The molecule has 11 heteroatoms. The van der Waals surface area contributed by atoms with Crippen LogP contribution in [0.1, 0.15) is 11.1 Å². The first kappa shape index (κ1) is 22.3. The number of alkyl carbamates (subject to hydrolysis) is 1. The molecule has 0 aliphatic carbocycles. The van der Waals surface area contributed by atoms with Crippen molar-refractivity contribution in [1.82, 2.24) is 10.6 Å². The molecule has 0 aliphatic heterocycles. The van der Waals surface area contributed by atoms with Crippen LogP contribution in [0.4, 0.5) is 14.9 Å². The molecule has 0 radical (unpaired) electrons. The number of ether oxygens (including phenoxy) is 1. The summed E-state index contributed by atoms with van der Waals surface area (Å²) >= 11 is 0. The molecular formula is C19H19FN4O6. The molecule has 30 heavy (non-hydrogen) atoms. The van der Waals surface area contributed by atoms with Crippen LogP contribution in [0.5, 0.6) is 0 Å². The number of nitrogens with two attached hydrogens (primary N) is 1. The molecule has 0 unspecified atom stereocenters. The van der Waals surface area contributed by atoms with Crippen molar-refractivity contribution in [3.63, 3.8) is 0 Å². The summed E-state index contributed by atoms with van der Waals surface area (Å²) in [6.45, 7) is -0.470. The number of nitrogens with one attached hydrogen (secondary N) is 2. The summed E-state index contributed by atoms with van der Waals surface area (Å²) in [6, 6.07) is 10.8. The molecule has 0 heterocycles. The van der Waals surface area contributed by atoms with E-state index in [4.69, 9.17) is 10.5 Å². The van der Waals surface area contributed by atoms with Gasteiger partial charge in [-0.1, -0.05) is 36.4 Å². The van der Waals surface area contributed by atoms with Crippen LogP contribution in [-0.4, -0.2) is 35.4 Å². The summed E-state index contributed by atoms with van der Waals surface area (Å²) in [6.07, 6.45) is -1.03. The maximum Gasteiger partial charge on any atom is 0.407 e. The van der Waals surface area contributed by atoms with Gasteiger partial charge in [0.05, 0.1) is 4.92 Å². The number of carbonyl (C=O) groups excluding carboxylic acids is 3. The number of amides is 3. The lowest BCUT2D eigenvalue weighted by Gasteiger charge is -2.16. The summed E-state index contributed by atoms with van der Waals surface area (Å²) < 4.78 is 18.4. The van der Waals surface area contributed by atoms with E-state index in [9.17, 15) is 28.9 Å². The Morgan fingerprint density at radius 2 is 1.83 bits per heavy atom. The van der Waals surface area contributed by atoms with Gasteiger partial charge >= 0.3 is 11.8 Å². The number of carbonyl (C=O) groups is 3. The number of nitrogens with zero attached hydrogens (tertiary/aromatic N) is 1. The molecule has 10 nitrogen and oxygen atoms in total. The van der Waals surface area contributed by atoms with E-state index in [-0.39, 0.29) is 18.6 Å². The van der Waals surface area contributed by atoms with Crippen molar-refractivity contribution in [2.24, 2.45) is 5.73 Å². The molecule has 2 aromatic carbocycles. The zero-order valence-electron chi connectivity index (χ0n) is 15.7. The molecule has 1 atom stereocenters. The number of nitro groups is 1. The van der Waals surface area contributed by atoms with E-state index in [2.05, 4.69) is 10.6 Å². The van der Waals surface area contributed by atoms with Crippen molar-refractivity contribution in [2.75, 3.05) is 6.54 Å². The highest BCUT2D eigenvalue weighted by Gasteiger charge is 2.21. The Kier molecular flexibility index (Phi) is 7.80. The largest absolute Gasteiger partial charge is 0.445 e. The lowest BCUT2D eigenvalue weighted by atomic mass is 10.0. The van der Waals surface area contributed by atoms with E-state index in [1.54, 1.807) is 24.3 Å². The van der Waals surface area contributed by atoms with Gasteiger partial charge in [0.2, 0.25) is 17.6 Å². The van der Waals surface area contributed by atoms with E-state index in [1.807, 2.05) is 6.07 Å². The molecule has 0 spiro atoms. The Labute approximate surface area is 170 Å². The predicted molar refractivity (Wildman–Crippen MR) is 103 cm³/mol. The third kappa shape index (κ3) is 6.86. The van der Waals surface area contributed by atoms with Crippen LogP contribution < -0.4 is 16.4 Å². The monoisotopic (exact) mass is 418 g/mol. The highest BCUT2D eigenvalue weighted by Crippen LogP contribution is 2.19. The first-order chi connectivity index (χ1) is 14.3. The fraction of sp³-hybridized carbons (Fsp3) is 0.211. The SMILES string of the molecule is NC(=O)[C@@H](Cc1ccc(F)c([N+](=O)[O-])c1)NC(=O)CNC(=O)OCc1ccccc1. The zero-order chi connectivity index (χ0) is 22.1. The van der Waals surface area contributed by atoms with Crippen molar-refractivity contribution < 1.29 is 28.4 Å². The fourth-order valence-corrected chi connectivity index (χ4v) is 2.46. The van der Waals surface area contributed by atoms with Crippen LogP contribution in [0.15, 0.2) is 48.5 Å². The van der Waals surface area contributed by atoms with Gasteiger partial charge < -0.3 is 21.1 Å². The Balaban J connectivity index is 1.86. The fourth-order valence-electron chi connectivity index (χ4n) is 2.46. The van der Waals surface area contributed by atoms with Crippen LogP contribution in [0.25, 0.3) is 0 Å². The van der Waals surface area contributed by atoms with Gasteiger partial charge in [-0.2, -0.15) is 4.39 Å². The van der Waals surface area contributed by atoms with Crippen LogP contribution in [0, 0.1) is 15.9 Å². The van der Waals surface area contributed by atoms with E-state index < -0.39 is 46.9 Å². The quantitative estimate of drug-likeness (QED) is 0.410. The molecular weight excluding hydrogens is 399 g/mol. The van der Waals surface area contributed by atoms with Gasteiger partial charge in [0, 0.05) is 12.5 Å². The van der Waals surface area contributed by atoms with Gasteiger partial charge in [-0.25, -0.2) is 4.79 Å². The third-order valence-corrected chi connectivity index (χ3v) is 3.93. The second kappa shape index (κ2) is 10.5. The minimum Gasteiger partial charge on any atom is -0.445 e. The molecule has 2 aromatic rings. The van der Waals surface area contributed by atoms with E-state index in [0.29, 0.717) is 0 Å². The highest BCUT2D eigenvalue weighted by atomic mass is 19.1. The Bertz CT molecular complexity index is 938. The smallest absolute Gasteiger partial charge is 0.407 e. The number of halogens is 1. The van der Waals surface area contributed by atoms with Crippen LogP contribution >= 0.6 is 0 Å². The average molecular weight is 418 g/mol. The van der Waals surface area contributed by atoms with Crippen LogP contribution in [-0.2, 0) is 27.4 Å². The average Bonchev–Trinajstić information content (AvgIpc) is 2.72. The summed E-state index contributed by atoms with van der Waals surface area (Å²) in [5.41, 5.74) is 5.48. The second-order valence-electron chi connectivity index (χ2n) is 6.18. The van der Waals surface area contributed by atoms with Gasteiger partial charge in [0.25, 0.3) is 0 Å². The molecule has 0 saturated carbocycles. The molecule has 0 aromatic heterocycles. The predicted octanol–water partition coefficient (Wildman–Crippen LogP) is 1.17. The van der Waals surface area contributed by atoms with Crippen molar-refractivity contribution in [3.8, 4) is 0 Å². The maximum absolute atomic E-state index is 13.4. The molecule has 0 fully saturated rings. The summed E-state index contributed by atoms with van der Waals surface area (Å²) in [5, 5.41) is 15.4. The number of rotatable bonds is 9. The first-order valence-corrected chi connectivity index (χ1v) is 8.72. The number of benzene rings is 2. The molecule has 158 valence electrons. The summed E-state index contributed by atoms with van der Waals surface area (Å²) in [4.78, 5) is 45.2. The van der Waals surface area contributed by atoms with E-state index in [0.717, 1.165) is 17.7 Å². The molecule has 3 amide bonds. The number of primary amides is 1. The Morgan fingerprint density at radius 1 is 1.13 bits per heavy atom. The standard InChI is InChI=1S/C19H19FN4O6/c20-14-7-6-13(9-16(14)24(28)29)8-15(18(21)26)23-17(25)10-22-19(27)30-11-12-4-2-1-3-5-12/h1-7,9,15H,8,10-11H2,(H2,21,26)(H,22,27)(H,23,25)/t15-/m1/s1. The van der Waals surface area contributed by atoms with Gasteiger partial charge in [0.1, 0.15) is 19.2 Å². The molecule has 0 aliphatic rings. The molecule has 2 rings (SSSR count). The Morgan fingerprint density at radius 3 is 2.47 bits per heavy atom. The summed E-state index contributed by atoms with van der Waals surface area (Å²) in [7, 11) is 0. The third-order valence-electron chi connectivity index (χ3n) is 3.93. The van der Waals surface area contributed by atoms with Crippen LogP contribution in [0.2, 0.25) is 0 Å². The minimum atomic E-state index is -1.22. The molecule has 0 saturated heterocycles. The van der Waals surface area contributed by atoms with E-state index >= 15 is 0 Å². The Hall–Kier alpha value is -4.02. The molecule has 4 N–H and O–H groups in total. The van der Waals surface area contributed by atoms with Gasteiger partial charge in [-0.05, 0) is 17.2 Å². The van der Waals surface area contributed by atoms with Gasteiger partial charge in [-0.15, -0.1) is 0 Å². The lowest BCUT2D eigenvalue weighted by molar-refractivity contribution is -0.387. The topological polar surface area (TPSA) is 154 Å². The van der Waals surface area contributed by atoms with Gasteiger partial charge in [0.15, 0.2) is 0 Å². The first-order valence-electron chi connectivity index (χ1n) is 8.72. The summed E-state index contributed by atoms with van der Waals surface area (Å²) in [5.74, 6) is -2.66. The van der Waals surface area contributed by atoms with E-state index in [1.165, 1.54) is 6.07 Å². The van der Waals surface area contributed by atoms with Crippen molar-refractivity contribution in [1.29, 1.82) is 0 Å². The normalized spacial score (nSPS) is 11.2. The number of nitro benzene ring substituents is 1. The maximum atomic E-state index is 13.4. The number of hydrogen-bond acceptors (Lipinski definition) is 6. The lowest BCUT2D eigenvalue weighted by Crippen LogP contribution is -2.49. The van der Waals surface area contributed by atoms with Crippen molar-refractivity contribution in [3.05, 3.63) is 75.6 Å². The van der Waals surface area contributed by atoms with Crippen molar-refractivity contribution >= 4 is 23.6 Å². The second-order valence-corrected chi connectivity index (χ2v) is 6.18. The number of hydrogen-bond donors (Lipinski definition) is 3. The highest BCUT2D eigenvalue weighted by molar-refractivity contribution is 5.88. The van der Waals surface area contributed by atoms with Gasteiger partial charge in [-0.3, -0.25) is 19.7 Å². The van der Waals surface area contributed by atoms with Crippen molar-refractivity contribution in [2.45, 2.75) is 19.1 Å². The zero-order valence-corrected chi connectivity index (χ0v) is 15.7. The van der Waals surface area contributed by atoms with Crippen LogP contribution in [0.3, 0.4) is 0 Å².